The van der Waals surface area contributed by atoms with E-state index in [0.29, 0.717) is 12.8 Å². The van der Waals surface area contributed by atoms with E-state index in [1.807, 2.05) is 0 Å². The molecule has 0 N–H and O–H groups in total. The summed E-state index contributed by atoms with van der Waals surface area (Å²) in [5.74, 6) is -2.11. The van der Waals surface area contributed by atoms with Gasteiger partial charge in [0.05, 0.1) is 11.5 Å². The standard InChI is InChI=1S/C15H20O6/c1-13(2,3)11(17)19-7-15-6-5-8(21-15)14(4)9(15)10(16)20-12(14)18/h8-9H,5-7H2,1-4H3/t8-,9-,14-,15-/m0/s1. The fourth-order valence-corrected chi connectivity index (χ4v) is 3.71. The normalized spacial score (nSPS) is 41.1. The lowest BCUT2D eigenvalue weighted by Crippen LogP contribution is -2.49. The Morgan fingerprint density at radius 2 is 2.05 bits per heavy atom. The number of carbonyl (C=O) groups is 3. The van der Waals surface area contributed by atoms with Gasteiger partial charge in [-0.05, 0) is 40.5 Å². The summed E-state index contributed by atoms with van der Waals surface area (Å²) in [4.78, 5) is 36.0. The highest BCUT2D eigenvalue weighted by atomic mass is 16.6. The van der Waals surface area contributed by atoms with Crippen molar-refractivity contribution in [3.63, 3.8) is 0 Å². The molecule has 3 rings (SSSR count). The molecule has 0 aromatic heterocycles. The fourth-order valence-electron chi connectivity index (χ4n) is 3.71. The molecule has 0 spiro atoms. The zero-order chi connectivity index (χ0) is 15.6. The minimum Gasteiger partial charge on any atom is -0.462 e. The Labute approximate surface area is 123 Å². The van der Waals surface area contributed by atoms with Crippen molar-refractivity contribution >= 4 is 17.9 Å². The van der Waals surface area contributed by atoms with Crippen molar-refractivity contribution in [2.45, 2.75) is 52.2 Å². The van der Waals surface area contributed by atoms with E-state index in [1.165, 1.54) is 0 Å². The maximum absolute atomic E-state index is 12.0. The van der Waals surface area contributed by atoms with Crippen LogP contribution in [-0.4, -0.2) is 36.2 Å². The maximum Gasteiger partial charge on any atom is 0.323 e. The minimum atomic E-state index is -0.941. The molecular formula is C15H20O6. The highest BCUT2D eigenvalue weighted by Crippen LogP contribution is 2.61. The first kappa shape index (κ1) is 14.5. The molecule has 3 aliphatic rings. The number of hydrogen-bond acceptors (Lipinski definition) is 6. The van der Waals surface area contributed by atoms with Crippen molar-refractivity contribution in [2.24, 2.45) is 16.7 Å². The van der Waals surface area contributed by atoms with Crippen LogP contribution in [0.4, 0.5) is 0 Å². The van der Waals surface area contributed by atoms with Crippen LogP contribution in [0, 0.1) is 16.7 Å². The Morgan fingerprint density at radius 3 is 2.67 bits per heavy atom. The van der Waals surface area contributed by atoms with Crippen molar-refractivity contribution in [1.82, 2.24) is 0 Å². The largest absolute Gasteiger partial charge is 0.462 e. The summed E-state index contributed by atoms with van der Waals surface area (Å²) in [5, 5.41) is 0. The maximum atomic E-state index is 12.0. The van der Waals surface area contributed by atoms with Crippen LogP contribution in [0.15, 0.2) is 0 Å². The molecule has 0 aromatic carbocycles. The van der Waals surface area contributed by atoms with Crippen molar-refractivity contribution in [1.29, 1.82) is 0 Å². The average molecular weight is 296 g/mol. The van der Waals surface area contributed by atoms with Crippen LogP contribution in [0.2, 0.25) is 0 Å². The van der Waals surface area contributed by atoms with Crippen molar-refractivity contribution < 1.29 is 28.6 Å². The summed E-state index contributed by atoms with van der Waals surface area (Å²) >= 11 is 0. The van der Waals surface area contributed by atoms with Crippen molar-refractivity contribution in [2.75, 3.05) is 6.61 Å². The predicted molar refractivity (Wildman–Crippen MR) is 69.9 cm³/mol. The van der Waals surface area contributed by atoms with Crippen LogP contribution >= 0.6 is 0 Å². The molecule has 6 heteroatoms. The molecule has 116 valence electrons. The molecule has 2 bridgehead atoms. The van der Waals surface area contributed by atoms with E-state index in [2.05, 4.69) is 0 Å². The Hall–Kier alpha value is -1.43. The third kappa shape index (κ3) is 1.78. The van der Waals surface area contributed by atoms with Crippen LogP contribution in [0.1, 0.15) is 40.5 Å². The van der Waals surface area contributed by atoms with Gasteiger partial charge < -0.3 is 14.2 Å². The van der Waals surface area contributed by atoms with Crippen LogP contribution in [0.3, 0.4) is 0 Å². The van der Waals surface area contributed by atoms with Gasteiger partial charge in [0.2, 0.25) is 0 Å². The predicted octanol–water partition coefficient (Wildman–Crippen LogP) is 1.21. The molecular weight excluding hydrogens is 276 g/mol. The Morgan fingerprint density at radius 1 is 1.38 bits per heavy atom. The van der Waals surface area contributed by atoms with Gasteiger partial charge in [-0.3, -0.25) is 14.4 Å². The number of carbonyl (C=O) groups excluding carboxylic acids is 3. The highest BCUT2D eigenvalue weighted by molar-refractivity contribution is 6.01. The van der Waals surface area contributed by atoms with E-state index in [0.717, 1.165) is 0 Å². The SMILES string of the molecule is CC(C)(C)C(=O)OC[C@]12CC[C@H](O1)[C@]1(C)C(=O)OC(=O)[C@H]21. The molecule has 3 saturated heterocycles. The third-order valence-electron chi connectivity index (χ3n) is 4.93. The molecule has 0 radical (unpaired) electrons. The van der Waals surface area contributed by atoms with E-state index in [-0.39, 0.29) is 18.7 Å². The quantitative estimate of drug-likeness (QED) is 0.563. The summed E-state index contributed by atoms with van der Waals surface area (Å²) in [6, 6.07) is 0. The van der Waals surface area contributed by atoms with E-state index < -0.39 is 34.3 Å². The number of hydrogen-bond donors (Lipinski definition) is 0. The molecule has 21 heavy (non-hydrogen) atoms. The van der Waals surface area contributed by atoms with Gasteiger partial charge in [-0.1, -0.05) is 0 Å². The van der Waals surface area contributed by atoms with Crippen LogP contribution < -0.4 is 0 Å². The first-order valence-electron chi connectivity index (χ1n) is 7.22. The van der Waals surface area contributed by atoms with Crippen LogP contribution in [0.5, 0.6) is 0 Å². The van der Waals surface area contributed by atoms with E-state index in [1.54, 1.807) is 27.7 Å². The molecule has 0 aliphatic carbocycles. The van der Waals surface area contributed by atoms with E-state index in [4.69, 9.17) is 14.2 Å². The highest BCUT2D eigenvalue weighted by Gasteiger charge is 2.76. The molecule has 0 amide bonds. The lowest BCUT2D eigenvalue weighted by molar-refractivity contribution is -0.170. The number of ether oxygens (including phenoxy) is 3. The average Bonchev–Trinajstić information content (AvgIpc) is 2.96. The fraction of sp³-hybridized carbons (Fsp3) is 0.800. The van der Waals surface area contributed by atoms with E-state index >= 15 is 0 Å². The number of rotatable bonds is 2. The van der Waals surface area contributed by atoms with Crippen LogP contribution in [0.25, 0.3) is 0 Å². The van der Waals surface area contributed by atoms with Gasteiger partial charge in [0.15, 0.2) is 0 Å². The first-order valence-corrected chi connectivity index (χ1v) is 7.22. The van der Waals surface area contributed by atoms with Gasteiger partial charge >= 0.3 is 17.9 Å². The second kappa shape index (κ2) is 4.06. The van der Waals surface area contributed by atoms with Crippen molar-refractivity contribution in [3.8, 4) is 0 Å². The van der Waals surface area contributed by atoms with Crippen LogP contribution in [-0.2, 0) is 28.6 Å². The monoisotopic (exact) mass is 296 g/mol. The second-order valence-electron chi connectivity index (χ2n) is 7.46. The summed E-state index contributed by atoms with van der Waals surface area (Å²) in [5.41, 5.74) is -2.48. The number of fused-ring (bicyclic) bond motifs is 5. The molecule has 0 unspecified atom stereocenters. The molecule has 0 saturated carbocycles. The minimum absolute atomic E-state index is 0.0117. The smallest absolute Gasteiger partial charge is 0.323 e. The summed E-state index contributed by atoms with van der Waals surface area (Å²) < 4.78 is 16.1. The summed E-state index contributed by atoms with van der Waals surface area (Å²) in [7, 11) is 0. The third-order valence-corrected chi connectivity index (χ3v) is 4.93. The topological polar surface area (TPSA) is 78.9 Å². The molecule has 0 aromatic rings. The van der Waals surface area contributed by atoms with Gasteiger partial charge in [-0.15, -0.1) is 0 Å². The second-order valence-corrected chi connectivity index (χ2v) is 7.46. The molecule has 6 nitrogen and oxygen atoms in total. The zero-order valence-corrected chi connectivity index (χ0v) is 12.7. The van der Waals surface area contributed by atoms with Gasteiger partial charge in [0, 0.05) is 0 Å². The van der Waals surface area contributed by atoms with Gasteiger partial charge in [-0.25, -0.2) is 0 Å². The molecule has 3 fully saturated rings. The van der Waals surface area contributed by atoms with E-state index in [9.17, 15) is 14.4 Å². The Kier molecular flexibility index (Phi) is 2.81. The first-order chi connectivity index (χ1) is 9.61. The Bertz CT molecular complexity index is 533. The summed E-state index contributed by atoms with van der Waals surface area (Å²) in [6.45, 7) is 6.98. The lowest BCUT2D eigenvalue weighted by atomic mass is 9.64. The number of cyclic esters (lactones) is 2. The Balaban J connectivity index is 1.84. The lowest BCUT2D eigenvalue weighted by Gasteiger charge is -2.33. The molecule has 4 atom stereocenters. The number of esters is 3. The van der Waals surface area contributed by atoms with Crippen molar-refractivity contribution in [3.05, 3.63) is 0 Å². The molecule has 3 aliphatic heterocycles. The zero-order valence-electron chi connectivity index (χ0n) is 12.7. The van der Waals surface area contributed by atoms with Gasteiger partial charge in [-0.2, -0.15) is 0 Å². The van der Waals surface area contributed by atoms with Gasteiger partial charge in [0.1, 0.15) is 23.5 Å². The molecule has 3 heterocycles. The summed E-state index contributed by atoms with van der Waals surface area (Å²) in [6.07, 6.45) is 0.926. The van der Waals surface area contributed by atoms with Gasteiger partial charge in [0.25, 0.3) is 0 Å².